The molecule has 1 aromatic carbocycles. The van der Waals surface area contributed by atoms with Crippen LogP contribution in [-0.2, 0) is 11.3 Å². The lowest BCUT2D eigenvalue weighted by Gasteiger charge is -2.31. The summed E-state index contributed by atoms with van der Waals surface area (Å²) in [6, 6.07) is 23.0. The molecule has 0 unspecified atom stereocenters. The lowest BCUT2D eigenvalue weighted by atomic mass is 10.0. The predicted octanol–water partition coefficient (Wildman–Crippen LogP) is 4.34. The predicted molar refractivity (Wildman–Crippen MR) is 145 cm³/mol. The van der Waals surface area contributed by atoms with E-state index in [0.29, 0.717) is 5.11 Å². The third kappa shape index (κ3) is 4.45. The Morgan fingerprint density at radius 3 is 2.50 bits per heavy atom. The number of rotatable bonds is 6. The molecular weight excluding hydrogens is 468 g/mol. The highest BCUT2D eigenvalue weighted by Crippen LogP contribution is 2.42. The van der Waals surface area contributed by atoms with Crippen LogP contribution in [0.2, 0.25) is 0 Å². The van der Waals surface area contributed by atoms with Gasteiger partial charge in [0, 0.05) is 61.5 Å². The molecule has 36 heavy (non-hydrogen) atoms. The minimum Gasteiger partial charge on any atom is -0.378 e. The van der Waals surface area contributed by atoms with Gasteiger partial charge in [0.2, 0.25) is 0 Å². The average Bonchev–Trinajstić information content (AvgIpc) is 3.53. The Hall–Kier alpha value is -3.75. The van der Waals surface area contributed by atoms with Gasteiger partial charge in [0.15, 0.2) is 5.11 Å². The highest BCUT2D eigenvalue weighted by atomic mass is 32.1. The summed E-state index contributed by atoms with van der Waals surface area (Å²) in [6.07, 6.45) is 7.68. The summed E-state index contributed by atoms with van der Waals surface area (Å²) >= 11 is 5.92. The molecule has 3 aromatic heterocycles. The molecule has 4 aromatic rings. The number of ether oxygens (including phenoxy) is 1. The first-order chi connectivity index (χ1) is 17.8. The Bertz CT molecular complexity index is 1300. The highest BCUT2D eigenvalue weighted by Gasteiger charge is 2.42. The molecule has 0 saturated carbocycles. The summed E-state index contributed by atoms with van der Waals surface area (Å²) in [7, 11) is 0. The number of nitrogens with zero attached hydrogens (tertiary/aromatic N) is 5. The maximum Gasteiger partial charge on any atom is 0.174 e. The molecule has 2 aliphatic heterocycles. The van der Waals surface area contributed by atoms with Gasteiger partial charge in [0.25, 0.3) is 0 Å². The fourth-order valence-electron chi connectivity index (χ4n) is 5.11. The lowest BCUT2D eigenvalue weighted by molar-refractivity contribution is 0.122. The van der Waals surface area contributed by atoms with Crippen molar-refractivity contribution in [2.75, 3.05) is 36.1 Å². The monoisotopic (exact) mass is 496 g/mol. The highest BCUT2D eigenvalue weighted by molar-refractivity contribution is 7.80. The second-order valence-electron chi connectivity index (χ2n) is 9.03. The van der Waals surface area contributed by atoms with Gasteiger partial charge in [-0.05, 0) is 72.4 Å². The van der Waals surface area contributed by atoms with Gasteiger partial charge < -0.3 is 24.4 Å². The van der Waals surface area contributed by atoms with Gasteiger partial charge in [-0.3, -0.25) is 9.97 Å². The van der Waals surface area contributed by atoms with Crippen LogP contribution in [0.4, 0.5) is 11.4 Å². The van der Waals surface area contributed by atoms with Gasteiger partial charge >= 0.3 is 0 Å². The fourth-order valence-corrected chi connectivity index (χ4v) is 5.45. The molecule has 1 N–H and O–H groups in total. The van der Waals surface area contributed by atoms with Crippen LogP contribution >= 0.6 is 12.2 Å². The molecule has 2 fully saturated rings. The van der Waals surface area contributed by atoms with Crippen LogP contribution in [0.1, 0.15) is 29.0 Å². The Balaban J connectivity index is 1.37. The van der Waals surface area contributed by atoms with Crippen LogP contribution in [0.15, 0.2) is 91.5 Å². The molecule has 0 aliphatic carbocycles. The maximum atomic E-state index is 5.92. The molecule has 2 aliphatic rings. The third-order valence-electron chi connectivity index (χ3n) is 6.85. The molecular formula is C28H28N6OS. The Morgan fingerprint density at radius 1 is 0.917 bits per heavy atom. The zero-order valence-corrected chi connectivity index (χ0v) is 20.7. The van der Waals surface area contributed by atoms with E-state index in [-0.39, 0.29) is 12.1 Å². The number of hydrogen-bond donors (Lipinski definition) is 1. The van der Waals surface area contributed by atoms with Crippen LogP contribution < -0.4 is 15.1 Å². The average molecular weight is 497 g/mol. The van der Waals surface area contributed by atoms with Gasteiger partial charge in [0.1, 0.15) is 6.04 Å². The molecule has 7 nitrogen and oxygen atoms in total. The summed E-state index contributed by atoms with van der Waals surface area (Å²) in [5, 5.41) is 4.27. The van der Waals surface area contributed by atoms with E-state index in [1.807, 2.05) is 30.6 Å². The summed E-state index contributed by atoms with van der Waals surface area (Å²) in [5.41, 5.74) is 5.55. The van der Waals surface area contributed by atoms with Crippen LogP contribution in [0, 0.1) is 0 Å². The summed E-state index contributed by atoms with van der Waals surface area (Å²) < 4.78 is 7.80. The van der Waals surface area contributed by atoms with E-state index in [9.17, 15) is 0 Å². The number of nitrogens with one attached hydrogen (secondary N) is 1. The molecule has 6 rings (SSSR count). The van der Waals surface area contributed by atoms with Gasteiger partial charge in [-0.15, -0.1) is 0 Å². The first kappa shape index (κ1) is 22.7. The smallest absolute Gasteiger partial charge is 0.174 e. The summed E-state index contributed by atoms with van der Waals surface area (Å²) in [5.74, 6) is 0. The van der Waals surface area contributed by atoms with Gasteiger partial charge in [0.05, 0.1) is 24.9 Å². The van der Waals surface area contributed by atoms with Crippen molar-refractivity contribution in [1.29, 1.82) is 0 Å². The normalized spacial score (nSPS) is 19.9. The SMILES string of the molecule is S=C1N[C@@H](c2ccccn2)[C@H](c2cccn2Cc2cccnc2)N1c1ccc(N2CCOCC2)cc1. The topological polar surface area (TPSA) is 58.5 Å². The number of morpholine rings is 1. The number of anilines is 2. The molecule has 0 amide bonds. The third-order valence-corrected chi connectivity index (χ3v) is 7.16. The van der Waals surface area contributed by atoms with Crippen molar-refractivity contribution in [2.45, 2.75) is 18.6 Å². The van der Waals surface area contributed by atoms with E-state index in [1.54, 1.807) is 6.20 Å². The van der Waals surface area contributed by atoms with Crippen molar-refractivity contribution in [2.24, 2.45) is 0 Å². The van der Waals surface area contributed by atoms with Crippen LogP contribution in [0.25, 0.3) is 0 Å². The maximum absolute atomic E-state index is 5.92. The van der Waals surface area contributed by atoms with E-state index in [0.717, 1.165) is 49.8 Å². The summed E-state index contributed by atoms with van der Waals surface area (Å²) in [4.78, 5) is 13.6. The van der Waals surface area contributed by atoms with Crippen molar-refractivity contribution >= 4 is 28.7 Å². The van der Waals surface area contributed by atoms with Crippen molar-refractivity contribution in [3.8, 4) is 0 Å². The zero-order chi connectivity index (χ0) is 24.3. The van der Waals surface area contributed by atoms with Crippen molar-refractivity contribution in [3.63, 3.8) is 0 Å². The van der Waals surface area contributed by atoms with E-state index in [1.165, 1.54) is 11.4 Å². The first-order valence-corrected chi connectivity index (χ1v) is 12.7. The number of thiocarbonyl (C=S) groups is 1. The quantitative estimate of drug-likeness (QED) is 0.399. The second-order valence-corrected chi connectivity index (χ2v) is 9.42. The Labute approximate surface area is 216 Å². The molecule has 182 valence electrons. The van der Waals surface area contributed by atoms with Gasteiger partial charge in [-0.1, -0.05) is 12.1 Å². The lowest BCUT2D eigenvalue weighted by Crippen LogP contribution is -2.36. The van der Waals surface area contributed by atoms with E-state index in [2.05, 4.69) is 84.4 Å². The number of pyridine rings is 2. The minimum absolute atomic E-state index is 0.0618. The Kier molecular flexibility index (Phi) is 6.36. The van der Waals surface area contributed by atoms with Crippen LogP contribution in [-0.4, -0.2) is 46.0 Å². The standard InChI is InChI=1S/C28H28N6OS/c36-28-31-26(24-6-1-2-13-30-24)27(25-7-4-14-33(25)20-21-5-3-12-29-19-21)34(28)23-10-8-22(9-11-23)32-15-17-35-18-16-32/h1-14,19,26-27H,15-18,20H2,(H,31,36)/t26-,27-/m0/s1. The van der Waals surface area contributed by atoms with E-state index < -0.39 is 0 Å². The first-order valence-electron chi connectivity index (χ1n) is 12.3. The molecule has 2 saturated heterocycles. The van der Waals surface area contributed by atoms with Crippen molar-refractivity contribution < 1.29 is 4.74 Å². The fraction of sp³-hybridized carbons (Fsp3) is 0.250. The molecule has 0 bridgehead atoms. The number of benzene rings is 1. The second kappa shape index (κ2) is 10.1. The largest absolute Gasteiger partial charge is 0.378 e. The van der Waals surface area contributed by atoms with Crippen LogP contribution in [0.3, 0.4) is 0 Å². The minimum atomic E-state index is -0.0832. The number of aromatic nitrogens is 3. The van der Waals surface area contributed by atoms with Gasteiger partial charge in [-0.2, -0.15) is 0 Å². The molecule has 0 radical (unpaired) electrons. The molecule has 0 spiro atoms. The molecule has 8 heteroatoms. The van der Waals surface area contributed by atoms with Gasteiger partial charge in [-0.25, -0.2) is 0 Å². The van der Waals surface area contributed by atoms with E-state index in [4.69, 9.17) is 17.0 Å². The van der Waals surface area contributed by atoms with E-state index >= 15 is 0 Å². The molecule has 2 atom stereocenters. The van der Waals surface area contributed by atoms with Crippen LogP contribution in [0.5, 0.6) is 0 Å². The number of hydrogen-bond acceptors (Lipinski definition) is 5. The van der Waals surface area contributed by atoms with Crippen molar-refractivity contribution in [1.82, 2.24) is 19.9 Å². The summed E-state index contributed by atoms with van der Waals surface area (Å²) in [6.45, 7) is 4.09. The Morgan fingerprint density at radius 2 is 1.75 bits per heavy atom. The molecule has 5 heterocycles. The van der Waals surface area contributed by atoms with Crippen molar-refractivity contribution in [3.05, 3.63) is 108 Å². The zero-order valence-electron chi connectivity index (χ0n) is 19.9.